The third kappa shape index (κ3) is 5.84. The van der Waals surface area contributed by atoms with E-state index in [4.69, 9.17) is 11.6 Å². The lowest BCUT2D eigenvalue weighted by molar-refractivity contribution is -0.135. The van der Waals surface area contributed by atoms with Gasteiger partial charge in [-0.15, -0.1) is 0 Å². The van der Waals surface area contributed by atoms with E-state index < -0.39 is 12.1 Å². The van der Waals surface area contributed by atoms with Gasteiger partial charge in [-0.2, -0.15) is 0 Å². The predicted octanol–water partition coefficient (Wildman–Crippen LogP) is 3.32. The Balaban J connectivity index is 1.97. The van der Waals surface area contributed by atoms with Crippen molar-refractivity contribution in [3.05, 3.63) is 34.9 Å². The molecule has 2 amide bonds. The quantitative estimate of drug-likeness (QED) is 0.802. The third-order valence-corrected chi connectivity index (χ3v) is 5.36. The van der Waals surface area contributed by atoms with E-state index in [0.717, 1.165) is 23.7 Å². The number of carbonyl (C=O) groups is 2. The van der Waals surface area contributed by atoms with Gasteiger partial charge in [0.15, 0.2) is 0 Å². The SMILES string of the molecule is COC(=O)NC(CC(C)C)C(=O)N1CCN(C(C)c2ccccc2Cl)CC1. The molecule has 1 aliphatic rings. The summed E-state index contributed by atoms with van der Waals surface area (Å²) in [6.45, 7) is 9.00. The van der Waals surface area contributed by atoms with Crippen LogP contribution >= 0.6 is 11.6 Å². The van der Waals surface area contributed by atoms with Gasteiger partial charge in [-0.1, -0.05) is 43.6 Å². The molecule has 0 aliphatic carbocycles. The maximum absolute atomic E-state index is 12.9. The zero-order chi connectivity index (χ0) is 20.0. The average molecular weight is 396 g/mol. The number of piperazine rings is 1. The normalized spacial score (nSPS) is 17.5. The van der Waals surface area contributed by atoms with Crippen LogP contribution < -0.4 is 5.32 Å². The number of alkyl carbamates (subject to hydrolysis) is 1. The molecule has 2 unspecified atom stereocenters. The highest BCUT2D eigenvalue weighted by molar-refractivity contribution is 6.31. The van der Waals surface area contributed by atoms with E-state index in [-0.39, 0.29) is 17.9 Å². The molecule has 1 N–H and O–H groups in total. The monoisotopic (exact) mass is 395 g/mol. The standard InChI is InChI=1S/C20H30ClN3O3/c1-14(2)13-18(22-20(26)27-4)19(25)24-11-9-23(10-12-24)15(3)16-7-5-6-8-17(16)21/h5-8,14-15,18H,9-13H2,1-4H3,(H,22,26). The van der Waals surface area contributed by atoms with E-state index in [0.29, 0.717) is 19.5 Å². The number of ether oxygens (including phenoxy) is 1. The first-order valence-corrected chi connectivity index (χ1v) is 9.83. The van der Waals surface area contributed by atoms with Crippen LogP contribution in [0.3, 0.4) is 0 Å². The molecule has 0 radical (unpaired) electrons. The summed E-state index contributed by atoms with van der Waals surface area (Å²) in [5, 5.41) is 3.45. The summed E-state index contributed by atoms with van der Waals surface area (Å²) < 4.78 is 4.67. The van der Waals surface area contributed by atoms with Gasteiger partial charge in [-0.05, 0) is 30.9 Å². The second kappa shape index (κ2) is 9.95. The number of amides is 2. The van der Waals surface area contributed by atoms with Crippen molar-refractivity contribution in [1.29, 1.82) is 0 Å². The molecule has 0 saturated carbocycles. The van der Waals surface area contributed by atoms with E-state index in [1.54, 1.807) is 0 Å². The minimum Gasteiger partial charge on any atom is -0.453 e. The molecule has 2 rings (SSSR count). The smallest absolute Gasteiger partial charge is 0.407 e. The van der Waals surface area contributed by atoms with Crippen molar-refractivity contribution >= 4 is 23.6 Å². The Morgan fingerprint density at radius 3 is 2.33 bits per heavy atom. The lowest BCUT2D eigenvalue weighted by atomic mass is 10.0. The molecule has 0 aromatic heterocycles. The summed E-state index contributed by atoms with van der Waals surface area (Å²) in [5.74, 6) is 0.247. The fourth-order valence-corrected chi connectivity index (χ4v) is 3.75. The molecule has 0 bridgehead atoms. The number of hydrogen-bond acceptors (Lipinski definition) is 4. The molecule has 1 fully saturated rings. The van der Waals surface area contributed by atoms with Crippen molar-refractivity contribution in [1.82, 2.24) is 15.1 Å². The van der Waals surface area contributed by atoms with Crippen molar-refractivity contribution in [2.45, 2.75) is 39.3 Å². The molecular weight excluding hydrogens is 366 g/mol. The van der Waals surface area contributed by atoms with Crippen molar-refractivity contribution in [3.8, 4) is 0 Å². The number of rotatable bonds is 6. The Morgan fingerprint density at radius 1 is 1.15 bits per heavy atom. The van der Waals surface area contributed by atoms with Crippen LogP contribution in [-0.4, -0.2) is 61.1 Å². The highest BCUT2D eigenvalue weighted by Gasteiger charge is 2.31. The fraction of sp³-hybridized carbons (Fsp3) is 0.600. The Kier molecular flexibility index (Phi) is 7.92. The van der Waals surface area contributed by atoms with Crippen molar-refractivity contribution in [2.24, 2.45) is 5.92 Å². The van der Waals surface area contributed by atoms with Crippen LogP contribution in [0.5, 0.6) is 0 Å². The zero-order valence-corrected chi connectivity index (χ0v) is 17.3. The van der Waals surface area contributed by atoms with Crippen LogP contribution in [0.2, 0.25) is 5.02 Å². The van der Waals surface area contributed by atoms with Crippen LogP contribution in [0.4, 0.5) is 4.79 Å². The lowest BCUT2D eigenvalue weighted by Crippen LogP contribution is -2.55. The number of methoxy groups -OCH3 is 1. The van der Waals surface area contributed by atoms with Gasteiger partial charge in [0.05, 0.1) is 7.11 Å². The maximum atomic E-state index is 12.9. The molecule has 2 atom stereocenters. The first-order chi connectivity index (χ1) is 12.8. The van der Waals surface area contributed by atoms with Crippen LogP contribution in [0, 0.1) is 5.92 Å². The van der Waals surface area contributed by atoms with E-state index in [2.05, 4.69) is 21.9 Å². The Labute approximate surface area is 166 Å². The van der Waals surface area contributed by atoms with E-state index in [1.165, 1.54) is 7.11 Å². The third-order valence-electron chi connectivity index (χ3n) is 5.01. The summed E-state index contributed by atoms with van der Waals surface area (Å²) in [6, 6.07) is 7.51. The van der Waals surface area contributed by atoms with Crippen LogP contribution in [0.15, 0.2) is 24.3 Å². The van der Waals surface area contributed by atoms with E-state index >= 15 is 0 Å². The van der Waals surface area contributed by atoms with Gasteiger partial charge in [0.2, 0.25) is 5.91 Å². The second-order valence-corrected chi connectivity index (χ2v) is 7.78. The van der Waals surface area contributed by atoms with Gasteiger partial charge in [0.25, 0.3) is 0 Å². The number of benzene rings is 1. The molecule has 1 heterocycles. The first-order valence-electron chi connectivity index (χ1n) is 9.45. The molecule has 1 aliphatic heterocycles. The van der Waals surface area contributed by atoms with Crippen molar-refractivity contribution in [3.63, 3.8) is 0 Å². The molecule has 150 valence electrons. The minimum absolute atomic E-state index is 0.0425. The predicted molar refractivity (Wildman–Crippen MR) is 107 cm³/mol. The largest absolute Gasteiger partial charge is 0.453 e. The molecule has 7 heteroatoms. The summed E-state index contributed by atoms with van der Waals surface area (Å²) in [7, 11) is 1.31. The summed E-state index contributed by atoms with van der Waals surface area (Å²) in [5.41, 5.74) is 1.10. The molecule has 27 heavy (non-hydrogen) atoms. The topological polar surface area (TPSA) is 61.9 Å². The summed E-state index contributed by atoms with van der Waals surface area (Å²) in [4.78, 5) is 28.7. The molecule has 1 saturated heterocycles. The number of nitrogens with one attached hydrogen (secondary N) is 1. The number of hydrogen-bond donors (Lipinski definition) is 1. The molecule has 0 spiro atoms. The second-order valence-electron chi connectivity index (χ2n) is 7.38. The van der Waals surface area contributed by atoms with Crippen LogP contribution in [-0.2, 0) is 9.53 Å². The van der Waals surface area contributed by atoms with Gasteiger partial charge in [-0.3, -0.25) is 9.69 Å². The molecule has 1 aromatic rings. The van der Waals surface area contributed by atoms with Gasteiger partial charge < -0.3 is 15.0 Å². The Hall–Kier alpha value is -1.79. The highest BCUT2D eigenvalue weighted by atomic mass is 35.5. The fourth-order valence-electron chi connectivity index (χ4n) is 3.45. The average Bonchev–Trinajstić information content (AvgIpc) is 2.66. The van der Waals surface area contributed by atoms with E-state index in [9.17, 15) is 9.59 Å². The van der Waals surface area contributed by atoms with Gasteiger partial charge in [0.1, 0.15) is 6.04 Å². The highest BCUT2D eigenvalue weighted by Crippen LogP contribution is 2.28. The molecular formula is C20H30ClN3O3. The lowest BCUT2D eigenvalue weighted by Gasteiger charge is -2.39. The number of halogens is 1. The summed E-state index contributed by atoms with van der Waals surface area (Å²) >= 11 is 6.33. The molecule has 6 nitrogen and oxygen atoms in total. The first kappa shape index (κ1) is 21.5. The molecule has 1 aromatic carbocycles. The Morgan fingerprint density at radius 2 is 1.78 bits per heavy atom. The zero-order valence-electron chi connectivity index (χ0n) is 16.6. The van der Waals surface area contributed by atoms with Crippen molar-refractivity contribution < 1.29 is 14.3 Å². The minimum atomic E-state index is -0.569. The van der Waals surface area contributed by atoms with Gasteiger partial charge in [0, 0.05) is 37.2 Å². The van der Waals surface area contributed by atoms with Crippen molar-refractivity contribution in [2.75, 3.05) is 33.3 Å². The van der Waals surface area contributed by atoms with E-state index in [1.807, 2.05) is 43.0 Å². The van der Waals surface area contributed by atoms with Crippen LogP contribution in [0.1, 0.15) is 38.8 Å². The maximum Gasteiger partial charge on any atom is 0.407 e. The van der Waals surface area contributed by atoms with Crippen LogP contribution in [0.25, 0.3) is 0 Å². The Bertz CT molecular complexity index is 645. The number of nitrogens with zero attached hydrogens (tertiary/aromatic N) is 2. The number of carbonyl (C=O) groups excluding carboxylic acids is 2. The van der Waals surface area contributed by atoms with Gasteiger partial charge >= 0.3 is 6.09 Å². The summed E-state index contributed by atoms with van der Waals surface area (Å²) in [6.07, 6.45) is 0.0180. The van der Waals surface area contributed by atoms with Gasteiger partial charge in [-0.25, -0.2) is 4.79 Å².